The van der Waals surface area contributed by atoms with E-state index in [4.69, 9.17) is 4.74 Å². The summed E-state index contributed by atoms with van der Waals surface area (Å²) in [5.41, 5.74) is 0.357. The molecule has 1 aliphatic heterocycles. The molecule has 0 aliphatic carbocycles. The first-order valence-electron chi connectivity index (χ1n) is 9.66. The van der Waals surface area contributed by atoms with Crippen molar-refractivity contribution in [2.75, 3.05) is 17.8 Å². The monoisotopic (exact) mass is 459 g/mol. The quantitative estimate of drug-likeness (QED) is 0.580. The number of hydrogen-bond donors (Lipinski definition) is 1. The lowest BCUT2D eigenvalue weighted by Gasteiger charge is -2.15. The average molecular weight is 460 g/mol. The van der Waals surface area contributed by atoms with E-state index in [0.29, 0.717) is 30.3 Å². The lowest BCUT2D eigenvalue weighted by atomic mass is 10.3. The topological polar surface area (TPSA) is 106 Å². The van der Waals surface area contributed by atoms with Gasteiger partial charge in [-0.1, -0.05) is 0 Å². The molecule has 8 nitrogen and oxygen atoms in total. The number of nitrogens with one attached hydrogen (secondary N) is 1. The van der Waals surface area contributed by atoms with Crippen LogP contribution in [0.1, 0.15) is 12.8 Å². The number of anilines is 1. The van der Waals surface area contributed by atoms with Crippen molar-refractivity contribution in [3.05, 3.63) is 73.1 Å². The zero-order chi connectivity index (χ0) is 21.9. The van der Waals surface area contributed by atoms with E-state index >= 15 is 0 Å². The van der Waals surface area contributed by atoms with Gasteiger partial charge in [0.1, 0.15) is 11.5 Å². The van der Waals surface area contributed by atoms with Crippen LogP contribution in [0.3, 0.4) is 0 Å². The Bertz CT molecular complexity index is 1240. The zero-order valence-electron chi connectivity index (χ0n) is 16.5. The van der Waals surface area contributed by atoms with Gasteiger partial charge in [0.2, 0.25) is 10.0 Å². The lowest BCUT2D eigenvalue weighted by molar-refractivity contribution is 0.477. The van der Waals surface area contributed by atoms with Gasteiger partial charge >= 0.3 is 0 Å². The Morgan fingerprint density at radius 1 is 0.742 bits per heavy atom. The molecule has 0 amide bonds. The first-order chi connectivity index (χ1) is 14.8. The minimum Gasteiger partial charge on any atom is -0.457 e. The Kier molecular flexibility index (Phi) is 5.94. The molecule has 0 bridgehead atoms. The van der Waals surface area contributed by atoms with Crippen LogP contribution in [0, 0.1) is 0 Å². The van der Waals surface area contributed by atoms with Crippen LogP contribution in [0.25, 0.3) is 0 Å². The number of ether oxygens (including phenoxy) is 1. The molecule has 0 saturated carbocycles. The van der Waals surface area contributed by atoms with Gasteiger partial charge in [0.25, 0.3) is 10.0 Å². The van der Waals surface area contributed by atoms with Gasteiger partial charge in [0, 0.05) is 31.2 Å². The van der Waals surface area contributed by atoms with Crippen molar-refractivity contribution in [2.45, 2.75) is 22.6 Å². The zero-order valence-corrected chi connectivity index (χ0v) is 18.1. The highest BCUT2D eigenvalue weighted by Gasteiger charge is 2.27. The molecule has 0 spiro atoms. The van der Waals surface area contributed by atoms with Crippen molar-refractivity contribution in [1.29, 1.82) is 0 Å². The number of sulfonamides is 2. The van der Waals surface area contributed by atoms with Gasteiger partial charge in [-0.15, -0.1) is 0 Å². The average Bonchev–Trinajstić information content (AvgIpc) is 3.32. The summed E-state index contributed by atoms with van der Waals surface area (Å²) in [6.07, 6.45) is 4.89. The van der Waals surface area contributed by atoms with Gasteiger partial charge in [0.15, 0.2) is 0 Å². The maximum Gasteiger partial charge on any atom is 0.261 e. The van der Waals surface area contributed by atoms with E-state index in [0.717, 1.165) is 12.8 Å². The first-order valence-corrected chi connectivity index (χ1v) is 12.6. The van der Waals surface area contributed by atoms with Gasteiger partial charge in [0.05, 0.1) is 9.79 Å². The minimum atomic E-state index is -3.87. The summed E-state index contributed by atoms with van der Waals surface area (Å²) in [5, 5.41) is 0. The molecule has 162 valence electrons. The van der Waals surface area contributed by atoms with Crippen LogP contribution in [0.5, 0.6) is 11.5 Å². The maximum absolute atomic E-state index is 12.7. The van der Waals surface area contributed by atoms with Crippen LogP contribution in [0.15, 0.2) is 82.8 Å². The lowest BCUT2D eigenvalue weighted by Crippen LogP contribution is -2.27. The largest absolute Gasteiger partial charge is 0.457 e. The van der Waals surface area contributed by atoms with Crippen molar-refractivity contribution in [2.24, 2.45) is 0 Å². The van der Waals surface area contributed by atoms with Crippen LogP contribution < -0.4 is 9.46 Å². The molecular formula is C21H21N3O5S2. The van der Waals surface area contributed by atoms with E-state index in [1.54, 1.807) is 48.8 Å². The molecule has 2 heterocycles. The van der Waals surface area contributed by atoms with Crippen molar-refractivity contribution >= 4 is 25.7 Å². The molecule has 2 aromatic carbocycles. The summed E-state index contributed by atoms with van der Waals surface area (Å²) >= 11 is 0. The molecule has 1 fully saturated rings. The third-order valence-corrected chi connectivity index (χ3v) is 8.14. The summed E-state index contributed by atoms with van der Waals surface area (Å²) in [7, 11) is -7.46. The first kappa shape index (κ1) is 21.3. The highest BCUT2D eigenvalue weighted by atomic mass is 32.2. The predicted molar refractivity (Wildman–Crippen MR) is 116 cm³/mol. The van der Waals surface area contributed by atoms with E-state index in [9.17, 15) is 16.8 Å². The Hall–Kier alpha value is -2.95. The molecule has 0 atom stereocenters. The van der Waals surface area contributed by atoms with Gasteiger partial charge in [-0.2, -0.15) is 4.31 Å². The second-order valence-electron chi connectivity index (χ2n) is 7.00. The number of hydrogen-bond acceptors (Lipinski definition) is 6. The molecule has 1 aliphatic rings. The van der Waals surface area contributed by atoms with Crippen molar-refractivity contribution < 1.29 is 21.6 Å². The molecule has 0 unspecified atom stereocenters. The van der Waals surface area contributed by atoms with Gasteiger partial charge in [-0.05, 0) is 73.5 Å². The smallest absolute Gasteiger partial charge is 0.261 e. The molecule has 10 heteroatoms. The highest BCUT2D eigenvalue weighted by Crippen LogP contribution is 2.25. The van der Waals surface area contributed by atoms with Crippen LogP contribution >= 0.6 is 0 Å². The summed E-state index contributed by atoms with van der Waals surface area (Å²) in [4.78, 5) is 3.98. The Morgan fingerprint density at radius 2 is 1.29 bits per heavy atom. The summed E-state index contributed by atoms with van der Waals surface area (Å²) in [5.74, 6) is 1.16. The molecule has 4 rings (SSSR count). The number of aromatic nitrogens is 1. The molecule has 1 N–H and O–H groups in total. The Morgan fingerprint density at radius 3 is 1.90 bits per heavy atom. The van der Waals surface area contributed by atoms with Crippen molar-refractivity contribution in [3.8, 4) is 11.5 Å². The van der Waals surface area contributed by atoms with Crippen molar-refractivity contribution in [3.63, 3.8) is 0 Å². The Balaban J connectivity index is 1.46. The molecule has 1 aromatic heterocycles. The van der Waals surface area contributed by atoms with Crippen LogP contribution in [-0.4, -0.2) is 39.2 Å². The number of benzene rings is 2. The van der Waals surface area contributed by atoms with Gasteiger partial charge < -0.3 is 4.74 Å². The molecule has 3 aromatic rings. The van der Waals surface area contributed by atoms with Crippen LogP contribution in [0.2, 0.25) is 0 Å². The molecular weight excluding hydrogens is 438 g/mol. The fourth-order valence-corrected chi connectivity index (χ4v) is 5.79. The third kappa shape index (κ3) is 4.87. The third-order valence-electron chi connectivity index (χ3n) is 4.83. The van der Waals surface area contributed by atoms with Crippen molar-refractivity contribution in [1.82, 2.24) is 9.29 Å². The van der Waals surface area contributed by atoms with E-state index in [2.05, 4.69) is 9.71 Å². The molecule has 0 radical (unpaired) electrons. The highest BCUT2D eigenvalue weighted by molar-refractivity contribution is 7.92. The summed E-state index contributed by atoms with van der Waals surface area (Å²) in [6.45, 7) is 0.982. The van der Waals surface area contributed by atoms with Crippen LogP contribution in [0.4, 0.5) is 5.69 Å². The standard InChI is InChI=1S/C21H21N3O5S2/c25-30(26,20-7-9-21(10-8-20)31(27,28)24-15-1-2-16-24)23-17-3-5-18(6-4-17)29-19-11-13-22-14-12-19/h3-14,23H,1-2,15-16H2. The van der Waals surface area contributed by atoms with Gasteiger partial charge in [-0.25, -0.2) is 16.8 Å². The minimum absolute atomic E-state index is 0.0232. The molecule has 1 saturated heterocycles. The predicted octanol–water partition coefficient (Wildman–Crippen LogP) is 3.46. The maximum atomic E-state index is 12.7. The van der Waals surface area contributed by atoms with E-state index < -0.39 is 20.0 Å². The SMILES string of the molecule is O=S(=O)(Nc1ccc(Oc2ccncc2)cc1)c1ccc(S(=O)(=O)N2CCCC2)cc1. The number of pyridine rings is 1. The van der Waals surface area contributed by atoms with E-state index in [1.807, 2.05) is 0 Å². The number of nitrogens with zero attached hydrogens (tertiary/aromatic N) is 2. The fourth-order valence-electron chi connectivity index (χ4n) is 3.22. The van der Waals surface area contributed by atoms with Gasteiger partial charge in [-0.3, -0.25) is 9.71 Å². The normalized spacial score (nSPS) is 15.0. The summed E-state index contributed by atoms with van der Waals surface area (Å²) < 4.78 is 60.1. The Labute approximate surface area is 181 Å². The number of rotatable bonds is 7. The molecule has 31 heavy (non-hydrogen) atoms. The van der Waals surface area contributed by atoms with E-state index in [1.165, 1.54) is 28.6 Å². The van der Waals surface area contributed by atoms with Crippen LogP contribution in [-0.2, 0) is 20.0 Å². The summed E-state index contributed by atoms with van der Waals surface area (Å²) in [6, 6.07) is 15.1. The second-order valence-corrected chi connectivity index (χ2v) is 10.6. The fraction of sp³-hybridized carbons (Fsp3) is 0.190. The second kappa shape index (κ2) is 8.66. The van der Waals surface area contributed by atoms with E-state index in [-0.39, 0.29) is 9.79 Å².